The van der Waals surface area contributed by atoms with E-state index in [0.29, 0.717) is 23.7 Å². The molecule has 0 amide bonds. The first-order valence-electron chi connectivity index (χ1n) is 12.4. The van der Waals surface area contributed by atoms with Crippen molar-refractivity contribution in [2.75, 3.05) is 21.3 Å². The Morgan fingerprint density at radius 1 is 1.00 bits per heavy atom. The number of aliphatic imine (C=N–C) groups is 1. The van der Waals surface area contributed by atoms with Crippen LogP contribution in [0.5, 0.6) is 11.5 Å². The van der Waals surface area contributed by atoms with Crippen LogP contribution in [-0.4, -0.2) is 55.2 Å². The Morgan fingerprint density at radius 2 is 1.69 bits per heavy atom. The molecule has 3 rings (SSSR count). The van der Waals surface area contributed by atoms with Crippen molar-refractivity contribution in [3.63, 3.8) is 0 Å². The third-order valence-corrected chi connectivity index (χ3v) is 6.77. The summed E-state index contributed by atoms with van der Waals surface area (Å²) in [5, 5.41) is 18.7. The number of nitrogens with zero attached hydrogens (tertiary/aromatic N) is 1. The summed E-state index contributed by atoms with van der Waals surface area (Å²) in [5.41, 5.74) is -0.452. The first kappa shape index (κ1) is 29.1. The lowest BCUT2D eigenvalue weighted by atomic mass is 9.57. The number of benzene rings is 2. The zero-order valence-electron chi connectivity index (χ0n) is 22.7. The van der Waals surface area contributed by atoms with Crippen LogP contribution in [0.25, 0.3) is 0 Å². The number of hydrogen-bond acceptors (Lipinski definition) is 6. The van der Waals surface area contributed by atoms with E-state index in [1.165, 1.54) is 0 Å². The van der Waals surface area contributed by atoms with Crippen molar-refractivity contribution < 1.29 is 34.0 Å². The number of hydrogen-bond donors (Lipinski definition) is 2. The third kappa shape index (κ3) is 6.50. The molecule has 0 spiro atoms. The molecule has 0 aliphatic heterocycles. The third-order valence-electron chi connectivity index (χ3n) is 6.77. The van der Waals surface area contributed by atoms with Gasteiger partial charge in [0.25, 0.3) is 0 Å². The average molecular weight is 532 g/mol. The van der Waals surface area contributed by atoms with Gasteiger partial charge in [0, 0.05) is 17.0 Å². The van der Waals surface area contributed by atoms with E-state index < -0.39 is 40.9 Å². The van der Waals surface area contributed by atoms with E-state index in [1.54, 1.807) is 28.3 Å². The van der Waals surface area contributed by atoms with Gasteiger partial charge < -0.3 is 24.4 Å². The fourth-order valence-electron chi connectivity index (χ4n) is 4.92. The number of methoxy groups -OCH3 is 3. The van der Waals surface area contributed by atoms with Crippen LogP contribution in [0, 0.1) is 17.3 Å². The monoisotopic (exact) mass is 531 g/mol. The SMILES string of the molecule is COC1=CC(C)(CC(C)N=C(CC(=O)O)C(=O)O)C(C#Cc2ccccc2)(c2ccc(OC)c(OC)c2)C=C1. The standard InChI is InChI=1S/C31H33NO7/c1-21(32-25(29(35)36)18-28(33)34)19-30(2)20-24(37-3)14-16-31(30,15-13-22-9-7-6-8-10-22)23-11-12-26(38-4)27(17-23)39-5/h6-12,14,16-17,20-21H,18-19H2,1-5H3,(H,33,34)(H,35,36). The van der Waals surface area contributed by atoms with Gasteiger partial charge in [-0.1, -0.05) is 49.1 Å². The molecule has 1 aliphatic rings. The van der Waals surface area contributed by atoms with Crippen LogP contribution in [0.15, 0.2) is 77.5 Å². The molecule has 204 valence electrons. The lowest BCUT2D eigenvalue weighted by Gasteiger charge is -2.45. The average Bonchev–Trinajstić information content (AvgIpc) is 2.91. The highest BCUT2D eigenvalue weighted by Crippen LogP contribution is 2.52. The molecule has 0 fully saturated rings. The Bertz CT molecular complexity index is 1370. The molecule has 39 heavy (non-hydrogen) atoms. The number of aliphatic carboxylic acids is 2. The highest BCUT2D eigenvalue weighted by Gasteiger charge is 2.48. The molecule has 2 aromatic rings. The molecule has 0 radical (unpaired) electrons. The summed E-state index contributed by atoms with van der Waals surface area (Å²) in [6, 6.07) is 14.7. The van der Waals surface area contributed by atoms with E-state index in [1.807, 2.05) is 73.7 Å². The maximum atomic E-state index is 11.7. The molecule has 2 N–H and O–H groups in total. The van der Waals surface area contributed by atoms with Gasteiger partial charge in [0.05, 0.1) is 33.2 Å². The second kappa shape index (κ2) is 12.4. The fraction of sp³-hybridized carbons (Fsp3) is 0.323. The van der Waals surface area contributed by atoms with Crippen LogP contribution in [0.2, 0.25) is 0 Å². The van der Waals surface area contributed by atoms with Gasteiger partial charge in [0.1, 0.15) is 11.5 Å². The molecule has 8 heteroatoms. The number of carboxylic acids is 2. The predicted octanol–water partition coefficient (Wildman–Crippen LogP) is 4.88. The van der Waals surface area contributed by atoms with Gasteiger partial charge in [-0.25, -0.2) is 4.79 Å². The van der Waals surface area contributed by atoms with E-state index >= 15 is 0 Å². The molecule has 3 atom stereocenters. The van der Waals surface area contributed by atoms with Gasteiger partial charge >= 0.3 is 11.9 Å². The van der Waals surface area contributed by atoms with E-state index in [9.17, 15) is 14.7 Å². The minimum Gasteiger partial charge on any atom is -0.497 e. The van der Waals surface area contributed by atoms with Gasteiger partial charge in [-0.2, -0.15) is 0 Å². The van der Waals surface area contributed by atoms with Gasteiger partial charge in [-0.3, -0.25) is 9.79 Å². The lowest BCUT2D eigenvalue weighted by molar-refractivity contribution is -0.137. The maximum Gasteiger partial charge on any atom is 0.350 e. The molecule has 0 heterocycles. The Morgan fingerprint density at radius 3 is 2.28 bits per heavy atom. The number of rotatable bonds is 10. The molecule has 1 aliphatic carbocycles. The van der Waals surface area contributed by atoms with Crippen molar-refractivity contribution in [1.82, 2.24) is 0 Å². The summed E-state index contributed by atoms with van der Waals surface area (Å²) in [5.74, 6) is 5.93. The molecule has 3 unspecified atom stereocenters. The largest absolute Gasteiger partial charge is 0.497 e. The minimum atomic E-state index is -1.36. The van der Waals surface area contributed by atoms with Gasteiger partial charge in [0.2, 0.25) is 0 Å². The summed E-state index contributed by atoms with van der Waals surface area (Å²) in [4.78, 5) is 27.2. The Kier molecular flexibility index (Phi) is 9.20. The number of carboxylic acid groups (broad SMARTS) is 2. The molecule has 2 aromatic carbocycles. The zero-order valence-corrected chi connectivity index (χ0v) is 22.7. The van der Waals surface area contributed by atoms with Crippen molar-refractivity contribution >= 4 is 17.7 Å². The van der Waals surface area contributed by atoms with Crippen molar-refractivity contribution in [2.45, 2.75) is 38.1 Å². The van der Waals surface area contributed by atoms with Gasteiger partial charge in [-0.15, -0.1) is 0 Å². The summed E-state index contributed by atoms with van der Waals surface area (Å²) in [6.07, 6.45) is 5.46. The molecule has 8 nitrogen and oxygen atoms in total. The molecular formula is C31H33NO7. The Hall–Kier alpha value is -4.51. The van der Waals surface area contributed by atoms with Gasteiger partial charge in [0.15, 0.2) is 11.5 Å². The van der Waals surface area contributed by atoms with Crippen LogP contribution in [0.1, 0.15) is 37.8 Å². The summed E-state index contributed by atoms with van der Waals surface area (Å²) >= 11 is 0. The first-order chi connectivity index (χ1) is 18.6. The molecule has 0 saturated carbocycles. The molecule has 0 saturated heterocycles. The van der Waals surface area contributed by atoms with Gasteiger partial charge in [-0.05, 0) is 55.3 Å². The van der Waals surface area contributed by atoms with Crippen molar-refractivity contribution in [3.05, 3.63) is 83.6 Å². The Labute approximate surface area is 228 Å². The topological polar surface area (TPSA) is 115 Å². The maximum absolute atomic E-state index is 11.7. The number of ether oxygens (including phenoxy) is 3. The molecular weight excluding hydrogens is 498 g/mol. The van der Waals surface area contributed by atoms with Crippen LogP contribution >= 0.6 is 0 Å². The lowest BCUT2D eigenvalue weighted by Crippen LogP contribution is -2.44. The summed E-state index contributed by atoms with van der Waals surface area (Å²) in [6.45, 7) is 3.77. The number of carbonyl (C=O) groups is 2. The van der Waals surface area contributed by atoms with Crippen LogP contribution in [0.4, 0.5) is 0 Å². The molecule has 0 aromatic heterocycles. The highest BCUT2D eigenvalue weighted by atomic mass is 16.5. The van der Waals surface area contributed by atoms with E-state index in [0.717, 1.165) is 11.1 Å². The normalized spacial score (nSPS) is 21.2. The zero-order chi connectivity index (χ0) is 28.6. The fourth-order valence-corrected chi connectivity index (χ4v) is 4.92. The Balaban J connectivity index is 2.25. The predicted molar refractivity (Wildman–Crippen MR) is 148 cm³/mol. The molecule has 0 bridgehead atoms. The van der Waals surface area contributed by atoms with Crippen LogP contribution in [-0.2, 0) is 19.7 Å². The van der Waals surface area contributed by atoms with Crippen molar-refractivity contribution in [3.8, 4) is 23.3 Å². The highest BCUT2D eigenvalue weighted by molar-refractivity contribution is 6.38. The van der Waals surface area contributed by atoms with E-state index in [4.69, 9.17) is 19.3 Å². The smallest absolute Gasteiger partial charge is 0.350 e. The quantitative estimate of drug-likeness (QED) is 0.332. The second-order valence-electron chi connectivity index (χ2n) is 9.50. The van der Waals surface area contributed by atoms with Crippen molar-refractivity contribution in [1.29, 1.82) is 0 Å². The van der Waals surface area contributed by atoms with Crippen molar-refractivity contribution in [2.24, 2.45) is 10.4 Å². The van der Waals surface area contributed by atoms with E-state index in [2.05, 4.69) is 16.8 Å². The second-order valence-corrected chi connectivity index (χ2v) is 9.50. The minimum absolute atomic E-state index is 0.332. The first-order valence-corrected chi connectivity index (χ1v) is 12.4. The number of allylic oxidation sites excluding steroid dienone is 3. The summed E-state index contributed by atoms with van der Waals surface area (Å²) in [7, 11) is 4.71. The summed E-state index contributed by atoms with van der Waals surface area (Å²) < 4.78 is 16.6. The van der Waals surface area contributed by atoms with Crippen LogP contribution < -0.4 is 9.47 Å². The van der Waals surface area contributed by atoms with E-state index in [-0.39, 0.29) is 0 Å². The van der Waals surface area contributed by atoms with Crippen LogP contribution in [0.3, 0.4) is 0 Å².